The summed E-state index contributed by atoms with van der Waals surface area (Å²) in [5.41, 5.74) is 0.988. The lowest BCUT2D eigenvalue weighted by atomic mass is 9.94. The average molecular weight is 605 g/mol. The Bertz CT molecular complexity index is 1330. The van der Waals surface area contributed by atoms with E-state index in [0.29, 0.717) is 62.7 Å². The van der Waals surface area contributed by atoms with Crippen LogP contribution in [0.2, 0.25) is 5.02 Å². The minimum atomic E-state index is -1.19. The molecule has 3 aliphatic rings. The Kier molecular flexibility index (Phi) is 9.13. The predicted octanol–water partition coefficient (Wildman–Crippen LogP) is 4.75. The minimum Gasteiger partial charge on any atom is -0.343 e. The maximum atomic E-state index is 14.2. The van der Waals surface area contributed by atoms with Crippen molar-refractivity contribution in [3.8, 4) is 0 Å². The number of hydrogen-bond acceptors (Lipinski definition) is 4. The molecule has 0 N–H and O–H groups in total. The van der Waals surface area contributed by atoms with Crippen LogP contribution in [0.5, 0.6) is 0 Å². The lowest BCUT2D eigenvalue weighted by molar-refractivity contribution is -0.133. The maximum absolute atomic E-state index is 14.2. The van der Waals surface area contributed by atoms with Crippen LogP contribution in [-0.4, -0.2) is 84.8 Å². The third kappa shape index (κ3) is 6.44. The zero-order chi connectivity index (χ0) is 30.1. The second-order valence-electron chi connectivity index (χ2n) is 11.8. The van der Waals surface area contributed by atoms with E-state index in [4.69, 9.17) is 11.6 Å². The highest BCUT2D eigenvalue weighted by atomic mass is 35.5. The molecule has 3 saturated heterocycles. The maximum Gasteiger partial charge on any atom is 0.259 e. The molecular formula is C31H36ClF3N4O3. The quantitative estimate of drug-likeness (QED) is 0.458. The Hall–Kier alpha value is -3.11. The van der Waals surface area contributed by atoms with Crippen LogP contribution in [0.3, 0.4) is 0 Å². The molecule has 3 fully saturated rings. The van der Waals surface area contributed by atoms with E-state index in [1.165, 1.54) is 4.90 Å². The number of benzene rings is 2. The molecule has 0 spiro atoms. The van der Waals surface area contributed by atoms with Crippen molar-refractivity contribution < 1.29 is 27.6 Å². The third-order valence-corrected chi connectivity index (χ3v) is 9.36. The summed E-state index contributed by atoms with van der Waals surface area (Å²) in [6.45, 7) is 8.17. The monoisotopic (exact) mass is 604 g/mol. The van der Waals surface area contributed by atoms with E-state index in [1.807, 2.05) is 30.0 Å². The van der Waals surface area contributed by atoms with Gasteiger partial charge in [-0.15, -0.1) is 0 Å². The number of rotatable bonds is 7. The van der Waals surface area contributed by atoms with Crippen molar-refractivity contribution in [1.82, 2.24) is 14.7 Å². The van der Waals surface area contributed by atoms with Crippen LogP contribution in [0.1, 0.15) is 42.1 Å². The normalized spacial score (nSPS) is 21.1. The van der Waals surface area contributed by atoms with Crippen LogP contribution >= 0.6 is 11.6 Å². The van der Waals surface area contributed by atoms with Crippen molar-refractivity contribution in [3.63, 3.8) is 0 Å². The van der Waals surface area contributed by atoms with Crippen molar-refractivity contribution in [3.05, 3.63) is 63.9 Å². The number of halogens is 4. The summed E-state index contributed by atoms with van der Waals surface area (Å²) in [5.74, 6) is -3.89. The molecule has 0 aliphatic carbocycles. The molecule has 2 unspecified atom stereocenters. The smallest absolute Gasteiger partial charge is 0.259 e. The molecule has 0 aromatic heterocycles. The van der Waals surface area contributed by atoms with Gasteiger partial charge in [-0.3, -0.25) is 14.4 Å². The van der Waals surface area contributed by atoms with Gasteiger partial charge in [0.05, 0.1) is 0 Å². The van der Waals surface area contributed by atoms with E-state index >= 15 is 0 Å². The molecule has 2 aromatic rings. The van der Waals surface area contributed by atoms with E-state index in [2.05, 4.69) is 4.90 Å². The van der Waals surface area contributed by atoms with Crippen molar-refractivity contribution in [1.29, 1.82) is 0 Å². The molecule has 0 bridgehead atoms. The third-order valence-electron chi connectivity index (χ3n) is 8.95. The van der Waals surface area contributed by atoms with E-state index in [-0.39, 0.29) is 29.6 Å². The topological polar surface area (TPSA) is 64.2 Å². The first-order chi connectivity index (χ1) is 20.0. The van der Waals surface area contributed by atoms with Gasteiger partial charge < -0.3 is 19.6 Å². The molecule has 2 atom stereocenters. The summed E-state index contributed by atoms with van der Waals surface area (Å²) >= 11 is 6.42. The van der Waals surface area contributed by atoms with Crippen LogP contribution in [0.25, 0.3) is 0 Å². The number of amides is 3. The van der Waals surface area contributed by atoms with Crippen LogP contribution in [-0.2, 0) is 9.59 Å². The first-order valence-corrected chi connectivity index (χ1v) is 14.9. The molecule has 3 aliphatic heterocycles. The molecule has 0 saturated carbocycles. The predicted molar refractivity (Wildman–Crippen MR) is 154 cm³/mol. The van der Waals surface area contributed by atoms with Crippen LogP contribution < -0.4 is 4.90 Å². The molecule has 7 nitrogen and oxygen atoms in total. The van der Waals surface area contributed by atoms with Crippen molar-refractivity contribution in [2.75, 3.05) is 57.3 Å². The Morgan fingerprint density at radius 1 is 0.929 bits per heavy atom. The van der Waals surface area contributed by atoms with Crippen molar-refractivity contribution in [2.45, 2.75) is 33.1 Å². The summed E-state index contributed by atoms with van der Waals surface area (Å²) in [7, 11) is 0. The van der Waals surface area contributed by atoms with Gasteiger partial charge in [0, 0.05) is 81.5 Å². The molecule has 11 heteroatoms. The lowest BCUT2D eigenvalue weighted by Crippen LogP contribution is -2.44. The number of anilines is 1. The van der Waals surface area contributed by atoms with E-state index < -0.39 is 28.9 Å². The largest absolute Gasteiger partial charge is 0.343 e. The SMILES string of the molecule is CC(=O)N1CCC(C(=O)N(CCCN2CC3CN(C(=O)c4c(F)cc(F)cc4F)CC3C2)c2ccc(C)c(Cl)c2)CC1. The van der Waals surface area contributed by atoms with Crippen molar-refractivity contribution >= 4 is 35.0 Å². The van der Waals surface area contributed by atoms with Crippen LogP contribution in [0, 0.1) is 42.1 Å². The highest BCUT2D eigenvalue weighted by Gasteiger charge is 2.42. The molecule has 5 rings (SSSR count). The second-order valence-corrected chi connectivity index (χ2v) is 12.2. The van der Waals surface area contributed by atoms with Crippen LogP contribution in [0.4, 0.5) is 18.9 Å². The Morgan fingerprint density at radius 2 is 1.55 bits per heavy atom. The number of aryl methyl sites for hydroxylation is 1. The first kappa shape index (κ1) is 30.4. The Labute approximate surface area is 249 Å². The van der Waals surface area contributed by atoms with Gasteiger partial charge >= 0.3 is 0 Å². The molecule has 3 heterocycles. The van der Waals surface area contributed by atoms with Gasteiger partial charge in [-0.1, -0.05) is 17.7 Å². The number of carbonyl (C=O) groups is 3. The van der Waals surface area contributed by atoms with Crippen molar-refractivity contribution in [2.24, 2.45) is 17.8 Å². The Morgan fingerprint density at radius 3 is 2.12 bits per heavy atom. The van der Waals surface area contributed by atoms with Gasteiger partial charge in [0.1, 0.15) is 23.0 Å². The zero-order valence-electron chi connectivity index (χ0n) is 23.9. The number of likely N-dealkylation sites (tertiary alicyclic amines) is 3. The van der Waals surface area contributed by atoms with Crippen LogP contribution in [0.15, 0.2) is 30.3 Å². The summed E-state index contributed by atoms with van der Waals surface area (Å²) in [6.07, 6.45) is 1.99. The first-order valence-electron chi connectivity index (χ1n) is 14.5. The fourth-order valence-electron chi connectivity index (χ4n) is 6.57. The summed E-state index contributed by atoms with van der Waals surface area (Å²) < 4.78 is 41.6. The number of fused-ring (bicyclic) bond motifs is 1. The minimum absolute atomic E-state index is 0.0284. The number of piperidine rings is 1. The van der Waals surface area contributed by atoms with Gasteiger partial charge in [0.25, 0.3) is 5.91 Å². The van der Waals surface area contributed by atoms with E-state index in [1.54, 1.807) is 11.8 Å². The average Bonchev–Trinajstić information content (AvgIpc) is 3.51. The summed E-state index contributed by atoms with van der Waals surface area (Å²) in [6, 6.07) is 6.72. The van der Waals surface area contributed by atoms with E-state index in [0.717, 1.165) is 37.3 Å². The number of carbonyl (C=O) groups excluding carboxylic acids is 3. The van der Waals surface area contributed by atoms with Gasteiger partial charge in [-0.05, 0) is 62.3 Å². The van der Waals surface area contributed by atoms with E-state index in [9.17, 15) is 27.6 Å². The highest BCUT2D eigenvalue weighted by molar-refractivity contribution is 6.31. The molecule has 42 heavy (non-hydrogen) atoms. The fraction of sp³-hybridized carbons (Fsp3) is 0.516. The highest BCUT2D eigenvalue weighted by Crippen LogP contribution is 2.33. The number of hydrogen-bond donors (Lipinski definition) is 0. The molecule has 2 aromatic carbocycles. The number of nitrogens with zero attached hydrogens (tertiary/aromatic N) is 4. The lowest BCUT2D eigenvalue weighted by Gasteiger charge is -2.34. The van der Waals surface area contributed by atoms with Gasteiger partial charge in [-0.2, -0.15) is 0 Å². The molecular weight excluding hydrogens is 569 g/mol. The standard InChI is InChI=1S/C31H36ClF3N4O3/c1-19-4-5-25(14-26(19)32)39(30(41)21-6-10-37(11-7-21)20(2)40)9-3-8-36-15-22-17-38(18-23(22)16-36)31(42)29-27(34)12-24(33)13-28(29)35/h4-5,12-14,21-23H,3,6-11,15-18H2,1-2H3. The van der Waals surface area contributed by atoms with Gasteiger partial charge in [0.2, 0.25) is 11.8 Å². The fourth-order valence-corrected chi connectivity index (χ4v) is 6.75. The zero-order valence-corrected chi connectivity index (χ0v) is 24.7. The van der Waals surface area contributed by atoms with Gasteiger partial charge in [0.15, 0.2) is 0 Å². The summed E-state index contributed by atoms with van der Waals surface area (Å²) in [4.78, 5) is 45.6. The molecule has 3 amide bonds. The summed E-state index contributed by atoms with van der Waals surface area (Å²) in [5, 5.41) is 0.601. The Balaban J connectivity index is 1.17. The second kappa shape index (κ2) is 12.6. The molecule has 226 valence electrons. The molecule has 0 radical (unpaired) electrons. The van der Waals surface area contributed by atoms with Gasteiger partial charge in [-0.25, -0.2) is 13.2 Å².